The summed E-state index contributed by atoms with van der Waals surface area (Å²) in [7, 11) is 4.73. The second-order valence-electron chi connectivity index (χ2n) is 8.63. The van der Waals surface area contributed by atoms with Crippen LogP contribution in [0, 0.1) is 5.41 Å². The van der Waals surface area contributed by atoms with Crippen LogP contribution in [0.15, 0.2) is 35.2 Å². The highest BCUT2D eigenvalue weighted by molar-refractivity contribution is 9.10. The van der Waals surface area contributed by atoms with Gasteiger partial charge in [-0.2, -0.15) is 0 Å². The predicted octanol–water partition coefficient (Wildman–Crippen LogP) is 4.96. The average Bonchev–Trinajstić information content (AvgIpc) is 3.19. The molecule has 0 spiro atoms. The SMILES string of the molecule is COC(=O)[C@]1(C)CCC[C@H](c2nc(Br)c3c(NCc4ccc(OC)cc4OC)nccn23)C1. The van der Waals surface area contributed by atoms with Gasteiger partial charge in [0.05, 0.1) is 26.7 Å². The Kier molecular flexibility index (Phi) is 6.78. The smallest absolute Gasteiger partial charge is 0.311 e. The minimum Gasteiger partial charge on any atom is -0.497 e. The lowest BCUT2D eigenvalue weighted by Crippen LogP contribution is -2.34. The van der Waals surface area contributed by atoms with Crippen molar-refractivity contribution in [1.82, 2.24) is 14.4 Å². The van der Waals surface area contributed by atoms with Crippen LogP contribution in [0.1, 0.15) is 49.9 Å². The summed E-state index contributed by atoms with van der Waals surface area (Å²) in [5, 5.41) is 3.42. The first-order valence-electron chi connectivity index (χ1n) is 11.0. The third-order valence-electron chi connectivity index (χ3n) is 6.50. The number of anilines is 1. The van der Waals surface area contributed by atoms with Gasteiger partial charge >= 0.3 is 5.97 Å². The van der Waals surface area contributed by atoms with Gasteiger partial charge in [-0.1, -0.05) is 6.42 Å². The molecule has 2 atom stereocenters. The van der Waals surface area contributed by atoms with Gasteiger partial charge in [-0.25, -0.2) is 9.97 Å². The van der Waals surface area contributed by atoms with Gasteiger partial charge in [0, 0.05) is 36.5 Å². The Morgan fingerprint density at radius 1 is 1.30 bits per heavy atom. The Morgan fingerprint density at radius 2 is 2.12 bits per heavy atom. The number of fused-ring (bicyclic) bond motifs is 1. The molecular weight excluding hydrogens is 488 g/mol. The number of aromatic nitrogens is 3. The van der Waals surface area contributed by atoms with Gasteiger partial charge in [-0.15, -0.1) is 0 Å². The first-order valence-corrected chi connectivity index (χ1v) is 11.7. The van der Waals surface area contributed by atoms with E-state index < -0.39 is 5.41 Å². The van der Waals surface area contributed by atoms with Crippen molar-refractivity contribution in [1.29, 1.82) is 0 Å². The van der Waals surface area contributed by atoms with Crippen molar-refractivity contribution in [3.63, 3.8) is 0 Å². The van der Waals surface area contributed by atoms with Gasteiger partial charge in [-0.05, 0) is 54.2 Å². The Morgan fingerprint density at radius 3 is 2.85 bits per heavy atom. The molecule has 2 heterocycles. The second kappa shape index (κ2) is 9.59. The summed E-state index contributed by atoms with van der Waals surface area (Å²) in [6, 6.07) is 5.73. The average molecular weight is 517 g/mol. The lowest BCUT2D eigenvalue weighted by Gasteiger charge is -2.35. The molecular formula is C24H29BrN4O4. The number of ether oxygens (including phenoxy) is 3. The van der Waals surface area contributed by atoms with Gasteiger partial charge < -0.3 is 19.5 Å². The molecule has 1 aromatic carbocycles. The molecule has 0 bridgehead atoms. The van der Waals surface area contributed by atoms with E-state index in [4.69, 9.17) is 19.2 Å². The van der Waals surface area contributed by atoms with Crippen LogP contribution in [0.3, 0.4) is 0 Å². The minimum absolute atomic E-state index is 0.149. The second-order valence-corrected chi connectivity index (χ2v) is 9.38. The van der Waals surface area contributed by atoms with Crippen molar-refractivity contribution < 1.29 is 19.0 Å². The monoisotopic (exact) mass is 516 g/mol. The largest absolute Gasteiger partial charge is 0.497 e. The van der Waals surface area contributed by atoms with Crippen LogP contribution in [0.25, 0.3) is 5.52 Å². The topological polar surface area (TPSA) is 87.0 Å². The fraction of sp³-hybridized carbons (Fsp3) is 0.458. The van der Waals surface area contributed by atoms with E-state index >= 15 is 0 Å². The quantitative estimate of drug-likeness (QED) is 0.444. The fourth-order valence-corrected chi connectivity index (χ4v) is 5.31. The Bertz CT molecular complexity index is 1160. The van der Waals surface area contributed by atoms with Crippen molar-refractivity contribution in [2.75, 3.05) is 26.6 Å². The molecule has 9 heteroatoms. The maximum Gasteiger partial charge on any atom is 0.311 e. The maximum atomic E-state index is 12.4. The fourth-order valence-electron chi connectivity index (χ4n) is 4.75. The highest BCUT2D eigenvalue weighted by atomic mass is 79.9. The summed E-state index contributed by atoms with van der Waals surface area (Å²) in [4.78, 5) is 21.8. The summed E-state index contributed by atoms with van der Waals surface area (Å²) in [6.45, 7) is 2.52. The number of carbonyl (C=O) groups is 1. The van der Waals surface area contributed by atoms with Gasteiger partial charge in [0.25, 0.3) is 0 Å². The highest BCUT2D eigenvalue weighted by Crippen LogP contribution is 2.45. The molecule has 0 amide bonds. The van der Waals surface area contributed by atoms with Crippen LogP contribution in [-0.4, -0.2) is 41.7 Å². The van der Waals surface area contributed by atoms with E-state index in [-0.39, 0.29) is 11.9 Å². The van der Waals surface area contributed by atoms with E-state index in [1.54, 1.807) is 20.4 Å². The van der Waals surface area contributed by atoms with Crippen molar-refractivity contribution in [3.05, 3.63) is 46.6 Å². The number of rotatable bonds is 7. The molecule has 0 saturated heterocycles. The van der Waals surface area contributed by atoms with E-state index in [9.17, 15) is 4.79 Å². The molecule has 8 nitrogen and oxygen atoms in total. The molecule has 3 aromatic rings. The van der Waals surface area contributed by atoms with Crippen LogP contribution in [-0.2, 0) is 16.1 Å². The van der Waals surface area contributed by atoms with E-state index in [1.807, 2.05) is 31.3 Å². The van der Waals surface area contributed by atoms with Crippen LogP contribution >= 0.6 is 15.9 Å². The summed E-state index contributed by atoms with van der Waals surface area (Å²) in [5.41, 5.74) is 1.36. The van der Waals surface area contributed by atoms with Crippen molar-refractivity contribution in [3.8, 4) is 11.5 Å². The first kappa shape index (κ1) is 23.4. The molecule has 1 N–H and O–H groups in total. The van der Waals surface area contributed by atoms with E-state index in [1.165, 1.54) is 7.11 Å². The van der Waals surface area contributed by atoms with Crippen molar-refractivity contribution >= 4 is 33.2 Å². The number of imidazole rings is 1. The molecule has 0 unspecified atom stereocenters. The van der Waals surface area contributed by atoms with Crippen molar-refractivity contribution in [2.24, 2.45) is 5.41 Å². The van der Waals surface area contributed by atoms with Crippen LogP contribution in [0.5, 0.6) is 11.5 Å². The third-order valence-corrected chi connectivity index (χ3v) is 7.05. The molecule has 2 aromatic heterocycles. The van der Waals surface area contributed by atoms with Gasteiger partial charge in [0.15, 0.2) is 5.82 Å². The predicted molar refractivity (Wildman–Crippen MR) is 129 cm³/mol. The number of nitrogens with zero attached hydrogens (tertiary/aromatic N) is 3. The minimum atomic E-state index is -0.491. The van der Waals surface area contributed by atoms with E-state index in [0.717, 1.165) is 52.3 Å². The Balaban J connectivity index is 1.62. The van der Waals surface area contributed by atoms with Crippen molar-refractivity contribution in [2.45, 2.75) is 45.1 Å². The van der Waals surface area contributed by atoms with Crippen LogP contribution in [0.2, 0.25) is 0 Å². The summed E-state index contributed by atoms with van der Waals surface area (Å²) >= 11 is 3.63. The number of halogens is 1. The molecule has 1 saturated carbocycles. The standard InChI is InChI=1S/C24H29BrN4O4/c1-24(23(30)33-4)9-5-6-15(13-24)22-28-20(25)19-21(26-10-11-29(19)22)27-14-16-7-8-17(31-2)12-18(16)32-3/h7-8,10-12,15H,5-6,9,13-14H2,1-4H3,(H,26,27)/t15-,24+/m0/s1. The van der Waals surface area contributed by atoms with Crippen LogP contribution in [0.4, 0.5) is 5.82 Å². The lowest BCUT2D eigenvalue weighted by atomic mass is 9.70. The number of hydrogen-bond donors (Lipinski definition) is 1. The first-order chi connectivity index (χ1) is 15.9. The number of carbonyl (C=O) groups excluding carboxylic acids is 1. The normalized spacial score (nSPS) is 20.5. The van der Waals surface area contributed by atoms with Gasteiger partial charge in [-0.3, -0.25) is 9.20 Å². The Labute approximate surface area is 201 Å². The Hall–Kier alpha value is -2.81. The zero-order chi connectivity index (χ0) is 23.6. The molecule has 0 aliphatic heterocycles. The summed E-state index contributed by atoms with van der Waals surface area (Å²) < 4.78 is 18.7. The summed E-state index contributed by atoms with van der Waals surface area (Å²) in [6.07, 6.45) is 7.16. The molecule has 1 fully saturated rings. The highest BCUT2D eigenvalue weighted by Gasteiger charge is 2.41. The number of esters is 1. The van der Waals surface area contributed by atoms with Gasteiger partial charge in [0.2, 0.25) is 0 Å². The van der Waals surface area contributed by atoms with E-state index in [2.05, 4.69) is 30.6 Å². The van der Waals surface area contributed by atoms with Gasteiger partial charge in [0.1, 0.15) is 27.4 Å². The number of benzene rings is 1. The zero-order valence-electron chi connectivity index (χ0n) is 19.4. The maximum absolute atomic E-state index is 12.4. The lowest BCUT2D eigenvalue weighted by molar-refractivity contribution is -0.154. The molecule has 1 aliphatic carbocycles. The summed E-state index contributed by atoms with van der Waals surface area (Å²) in [5.74, 6) is 3.13. The number of nitrogens with one attached hydrogen (secondary N) is 1. The van der Waals surface area contributed by atoms with Crippen LogP contribution < -0.4 is 14.8 Å². The molecule has 4 rings (SSSR count). The molecule has 33 heavy (non-hydrogen) atoms. The number of hydrogen-bond acceptors (Lipinski definition) is 7. The third kappa shape index (κ3) is 4.51. The molecule has 0 radical (unpaired) electrons. The number of methoxy groups -OCH3 is 3. The molecule has 176 valence electrons. The van der Waals surface area contributed by atoms with E-state index in [0.29, 0.717) is 18.8 Å². The zero-order valence-corrected chi connectivity index (χ0v) is 20.9. The molecule has 1 aliphatic rings.